The van der Waals surface area contributed by atoms with Gasteiger partial charge in [-0.1, -0.05) is 30.4 Å². The lowest BCUT2D eigenvalue weighted by molar-refractivity contribution is 0.370. The van der Waals surface area contributed by atoms with Gasteiger partial charge >= 0.3 is 0 Å². The highest BCUT2D eigenvalue weighted by Crippen LogP contribution is 2.32. The molecular formula is C22H28O4. The minimum absolute atomic E-state index is 0.188. The first kappa shape index (κ1) is 21.2. The van der Waals surface area contributed by atoms with E-state index in [1.807, 2.05) is 51.1 Å². The van der Waals surface area contributed by atoms with Gasteiger partial charge in [-0.2, -0.15) is 0 Å². The van der Waals surface area contributed by atoms with Crippen molar-refractivity contribution < 1.29 is 19.7 Å². The third-order valence-electron chi connectivity index (χ3n) is 4.04. The van der Waals surface area contributed by atoms with Crippen molar-refractivity contribution in [2.24, 2.45) is 0 Å². The van der Waals surface area contributed by atoms with Crippen LogP contribution in [0.25, 0.3) is 6.08 Å². The quantitative estimate of drug-likeness (QED) is 0.725. The fourth-order valence-corrected chi connectivity index (χ4v) is 2.66. The highest BCUT2D eigenvalue weighted by molar-refractivity contribution is 5.61. The summed E-state index contributed by atoms with van der Waals surface area (Å²) in [6.45, 7) is 9.48. The number of phenolic OH excluding ortho intramolecular Hbond substituents is 2. The van der Waals surface area contributed by atoms with E-state index in [4.69, 9.17) is 9.47 Å². The van der Waals surface area contributed by atoms with Crippen LogP contribution in [0, 0.1) is 13.8 Å². The Morgan fingerprint density at radius 3 is 1.96 bits per heavy atom. The average molecular weight is 356 g/mol. The molecule has 0 radical (unpaired) electrons. The predicted molar refractivity (Wildman–Crippen MR) is 107 cm³/mol. The Morgan fingerprint density at radius 1 is 0.923 bits per heavy atom. The first-order chi connectivity index (χ1) is 12.4. The summed E-state index contributed by atoms with van der Waals surface area (Å²) in [5.74, 6) is 1.48. The van der Waals surface area contributed by atoms with Crippen LogP contribution in [0.3, 0.4) is 0 Å². The molecule has 2 rings (SSSR count). The zero-order valence-electron chi connectivity index (χ0n) is 16.2. The summed E-state index contributed by atoms with van der Waals surface area (Å²) in [7, 11) is 3.11. The van der Waals surface area contributed by atoms with Crippen LogP contribution in [0.2, 0.25) is 0 Å². The van der Waals surface area contributed by atoms with Crippen LogP contribution in [0.4, 0.5) is 0 Å². The Hall–Kier alpha value is -2.88. The molecule has 0 aromatic heterocycles. The molecule has 2 aromatic rings. The number of phenols is 2. The van der Waals surface area contributed by atoms with Gasteiger partial charge in [0.1, 0.15) is 0 Å². The van der Waals surface area contributed by atoms with Crippen LogP contribution in [-0.4, -0.2) is 24.4 Å². The molecule has 26 heavy (non-hydrogen) atoms. The van der Waals surface area contributed by atoms with Gasteiger partial charge in [0.2, 0.25) is 0 Å². The van der Waals surface area contributed by atoms with Crippen molar-refractivity contribution in [1.82, 2.24) is 0 Å². The maximum atomic E-state index is 9.43. The Kier molecular flexibility index (Phi) is 8.29. The van der Waals surface area contributed by atoms with Gasteiger partial charge in [0, 0.05) is 5.56 Å². The summed E-state index contributed by atoms with van der Waals surface area (Å²) < 4.78 is 10.2. The molecule has 0 amide bonds. The molecule has 0 saturated carbocycles. The molecule has 4 heteroatoms. The van der Waals surface area contributed by atoms with Crippen LogP contribution in [0.5, 0.6) is 23.0 Å². The van der Waals surface area contributed by atoms with Gasteiger partial charge in [-0.05, 0) is 56.0 Å². The third-order valence-corrected chi connectivity index (χ3v) is 4.04. The standard InChI is InChI=1S/2C11H14O2/c2*1-4-5-9-6-7-10(12)11(13-3)8(9)2/h4-7,12H,1-3H3;4,6-7,12H,1,5H2,2-3H3. The van der Waals surface area contributed by atoms with Crippen LogP contribution in [0.1, 0.15) is 29.2 Å². The van der Waals surface area contributed by atoms with Crippen molar-refractivity contribution in [2.75, 3.05) is 14.2 Å². The zero-order valence-corrected chi connectivity index (χ0v) is 16.2. The lowest BCUT2D eigenvalue weighted by Gasteiger charge is -2.10. The number of rotatable bonds is 5. The maximum Gasteiger partial charge on any atom is 0.163 e. The minimum Gasteiger partial charge on any atom is -0.504 e. The highest BCUT2D eigenvalue weighted by atomic mass is 16.5. The molecule has 0 spiro atoms. The molecule has 0 aliphatic carbocycles. The molecule has 2 N–H and O–H groups in total. The largest absolute Gasteiger partial charge is 0.504 e. The molecular weight excluding hydrogens is 328 g/mol. The molecule has 0 atom stereocenters. The van der Waals surface area contributed by atoms with Gasteiger partial charge in [0.05, 0.1) is 14.2 Å². The second-order valence-electron chi connectivity index (χ2n) is 5.73. The lowest BCUT2D eigenvalue weighted by atomic mass is 10.0. The van der Waals surface area contributed by atoms with E-state index in [0.717, 1.165) is 28.7 Å². The molecule has 0 aliphatic rings. The summed E-state index contributed by atoms with van der Waals surface area (Å²) in [4.78, 5) is 0. The number of aromatic hydroxyl groups is 2. The lowest BCUT2D eigenvalue weighted by Crippen LogP contribution is -1.93. The van der Waals surface area contributed by atoms with Crippen molar-refractivity contribution in [3.63, 3.8) is 0 Å². The number of allylic oxidation sites excluding steroid dienone is 2. The Labute approximate surface area is 156 Å². The molecule has 0 unspecified atom stereocenters. The van der Waals surface area contributed by atoms with Crippen molar-refractivity contribution in [2.45, 2.75) is 27.2 Å². The van der Waals surface area contributed by atoms with E-state index < -0.39 is 0 Å². The Morgan fingerprint density at radius 2 is 1.46 bits per heavy atom. The third kappa shape index (κ3) is 5.06. The molecule has 0 saturated heterocycles. The average Bonchev–Trinajstić information content (AvgIpc) is 2.62. The Bertz CT molecular complexity index is 776. The van der Waals surface area contributed by atoms with Crippen LogP contribution < -0.4 is 9.47 Å². The number of methoxy groups -OCH3 is 2. The molecule has 2 aromatic carbocycles. The molecule has 4 nitrogen and oxygen atoms in total. The fourth-order valence-electron chi connectivity index (χ4n) is 2.66. The first-order valence-corrected chi connectivity index (χ1v) is 8.36. The topological polar surface area (TPSA) is 58.9 Å². The van der Waals surface area contributed by atoms with Gasteiger partial charge in [-0.15, -0.1) is 6.58 Å². The second kappa shape index (κ2) is 10.2. The van der Waals surface area contributed by atoms with E-state index in [0.29, 0.717) is 11.5 Å². The smallest absolute Gasteiger partial charge is 0.163 e. The van der Waals surface area contributed by atoms with Gasteiger partial charge in [0.15, 0.2) is 23.0 Å². The number of ether oxygens (including phenoxy) is 2. The predicted octanol–water partition coefficient (Wildman–Crippen LogP) is 5.18. The molecule has 0 fully saturated rings. The van der Waals surface area contributed by atoms with Crippen molar-refractivity contribution in [1.29, 1.82) is 0 Å². The normalized spacial score (nSPS) is 10.2. The summed E-state index contributed by atoms with van der Waals surface area (Å²) in [5, 5.41) is 18.9. The summed E-state index contributed by atoms with van der Waals surface area (Å²) in [6.07, 6.45) is 6.57. The number of hydrogen-bond acceptors (Lipinski definition) is 4. The van der Waals surface area contributed by atoms with E-state index in [9.17, 15) is 10.2 Å². The zero-order chi connectivity index (χ0) is 19.7. The minimum atomic E-state index is 0.188. The van der Waals surface area contributed by atoms with Crippen LogP contribution in [-0.2, 0) is 6.42 Å². The molecule has 0 bridgehead atoms. The number of hydrogen-bond donors (Lipinski definition) is 2. The van der Waals surface area contributed by atoms with E-state index in [2.05, 4.69) is 6.58 Å². The summed E-state index contributed by atoms with van der Waals surface area (Å²) in [6, 6.07) is 7.04. The molecule has 140 valence electrons. The number of benzene rings is 2. The van der Waals surface area contributed by atoms with Crippen LogP contribution >= 0.6 is 0 Å². The van der Waals surface area contributed by atoms with Gasteiger partial charge in [-0.3, -0.25) is 0 Å². The van der Waals surface area contributed by atoms with E-state index in [1.165, 1.54) is 0 Å². The van der Waals surface area contributed by atoms with E-state index >= 15 is 0 Å². The second-order valence-corrected chi connectivity index (χ2v) is 5.73. The summed E-state index contributed by atoms with van der Waals surface area (Å²) >= 11 is 0. The SMILES string of the molecule is C=CCc1ccc(O)c(OC)c1C.CC=Cc1ccc(O)c(OC)c1C. The van der Waals surface area contributed by atoms with Crippen molar-refractivity contribution >= 4 is 6.08 Å². The first-order valence-electron chi connectivity index (χ1n) is 8.36. The van der Waals surface area contributed by atoms with Crippen LogP contribution in [0.15, 0.2) is 43.0 Å². The molecule has 0 heterocycles. The maximum absolute atomic E-state index is 9.43. The van der Waals surface area contributed by atoms with Crippen molar-refractivity contribution in [3.8, 4) is 23.0 Å². The monoisotopic (exact) mass is 356 g/mol. The Balaban J connectivity index is 0.000000260. The fraction of sp³-hybridized carbons (Fsp3) is 0.273. The van der Waals surface area contributed by atoms with Gasteiger partial charge in [-0.25, -0.2) is 0 Å². The van der Waals surface area contributed by atoms with Crippen molar-refractivity contribution in [3.05, 3.63) is 65.3 Å². The summed E-state index contributed by atoms with van der Waals surface area (Å²) in [5.41, 5.74) is 4.13. The molecule has 0 aliphatic heterocycles. The highest BCUT2D eigenvalue weighted by Gasteiger charge is 2.08. The van der Waals surface area contributed by atoms with Gasteiger partial charge in [0.25, 0.3) is 0 Å². The van der Waals surface area contributed by atoms with E-state index in [1.54, 1.807) is 26.4 Å². The van der Waals surface area contributed by atoms with E-state index in [-0.39, 0.29) is 11.5 Å². The van der Waals surface area contributed by atoms with Gasteiger partial charge < -0.3 is 19.7 Å².